The van der Waals surface area contributed by atoms with Gasteiger partial charge in [-0.2, -0.15) is 0 Å². The third-order valence-corrected chi connectivity index (χ3v) is 7.11. The molecule has 2 heterocycles. The maximum absolute atomic E-state index is 13.1. The molecular weight excluding hydrogens is 414 g/mol. The van der Waals surface area contributed by atoms with Crippen molar-refractivity contribution in [1.29, 1.82) is 0 Å². The molecule has 1 saturated carbocycles. The quantitative estimate of drug-likeness (QED) is 0.748. The number of nitrogens with two attached hydrogens (primary N) is 1. The normalized spacial score (nSPS) is 23.2. The highest BCUT2D eigenvalue weighted by molar-refractivity contribution is 5.87. The van der Waals surface area contributed by atoms with E-state index in [2.05, 4.69) is 59.9 Å². The van der Waals surface area contributed by atoms with Gasteiger partial charge in [-0.15, -0.1) is 0 Å². The van der Waals surface area contributed by atoms with Crippen molar-refractivity contribution in [3.8, 4) is 0 Å². The average molecular weight is 452 g/mol. The number of carbonyl (C=O) groups excluding carboxylic acids is 2. The zero-order chi connectivity index (χ0) is 23.8. The van der Waals surface area contributed by atoms with E-state index in [4.69, 9.17) is 5.73 Å². The Morgan fingerprint density at radius 3 is 2.39 bits per heavy atom. The van der Waals surface area contributed by atoms with E-state index in [0.29, 0.717) is 19.5 Å². The van der Waals surface area contributed by atoms with Crippen LogP contribution < -0.4 is 11.1 Å². The van der Waals surface area contributed by atoms with E-state index in [1.807, 2.05) is 6.33 Å². The molecule has 4 rings (SSSR count). The summed E-state index contributed by atoms with van der Waals surface area (Å²) in [5.74, 6) is -0.169. The number of fused-ring (bicyclic) bond motifs is 1. The van der Waals surface area contributed by atoms with Gasteiger partial charge in [-0.05, 0) is 42.2 Å². The summed E-state index contributed by atoms with van der Waals surface area (Å²) in [5, 5.41) is 3.17. The molecule has 7 nitrogen and oxygen atoms in total. The molecule has 3 N–H and O–H groups in total. The summed E-state index contributed by atoms with van der Waals surface area (Å²) in [7, 11) is 0. The van der Waals surface area contributed by atoms with Gasteiger partial charge in [0.2, 0.25) is 11.8 Å². The van der Waals surface area contributed by atoms with E-state index >= 15 is 0 Å². The van der Waals surface area contributed by atoms with Gasteiger partial charge in [-0.3, -0.25) is 9.59 Å². The number of benzene rings is 1. The maximum atomic E-state index is 13.1. The molecule has 0 bridgehead atoms. The number of nitrogens with one attached hydrogen (secondary N) is 1. The van der Waals surface area contributed by atoms with Gasteiger partial charge in [-0.25, -0.2) is 4.98 Å². The van der Waals surface area contributed by atoms with Crippen LogP contribution in [-0.2, 0) is 34.5 Å². The highest BCUT2D eigenvalue weighted by atomic mass is 16.2. The molecule has 1 fully saturated rings. The fraction of sp³-hybridized carbons (Fsp3) is 0.577. The minimum atomic E-state index is -0.514. The van der Waals surface area contributed by atoms with Gasteiger partial charge >= 0.3 is 0 Å². The van der Waals surface area contributed by atoms with Crippen LogP contribution in [-0.4, -0.2) is 44.4 Å². The molecule has 1 aromatic carbocycles. The van der Waals surface area contributed by atoms with Crippen LogP contribution in [0.2, 0.25) is 0 Å². The van der Waals surface area contributed by atoms with Crippen LogP contribution in [0.15, 0.2) is 30.6 Å². The Kier molecular flexibility index (Phi) is 6.61. The predicted molar refractivity (Wildman–Crippen MR) is 129 cm³/mol. The first kappa shape index (κ1) is 23.5. The van der Waals surface area contributed by atoms with Gasteiger partial charge in [0.05, 0.1) is 24.3 Å². The lowest BCUT2D eigenvalue weighted by Gasteiger charge is -2.36. The highest BCUT2D eigenvalue weighted by Crippen LogP contribution is 2.26. The van der Waals surface area contributed by atoms with Gasteiger partial charge in [-0.1, -0.05) is 45.0 Å². The molecule has 1 aliphatic heterocycles. The predicted octanol–water partition coefficient (Wildman–Crippen LogP) is 2.89. The summed E-state index contributed by atoms with van der Waals surface area (Å²) < 4.78 is 2.11. The smallest absolute Gasteiger partial charge is 0.243 e. The van der Waals surface area contributed by atoms with Crippen LogP contribution in [0.1, 0.15) is 75.9 Å². The summed E-state index contributed by atoms with van der Waals surface area (Å²) in [6, 6.07) is 8.53. The first-order valence-electron chi connectivity index (χ1n) is 12.1. The number of hydrogen-bond acceptors (Lipinski definition) is 4. The standard InChI is InChI=1S/C26H37N5O2/c1-17(32)31-15-24-22(13-23(31)25(33)29-21-11-9-20(27)10-12-21)28-16-30(24)14-18-5-7-19(8-6-18)26(2,3)4/h5-8,16,20-21,23H,9-15,27H2,1-4H3,(H,29,33). The van der Waals surface area contributed by atoms with Gasteiger partial charge < -0.3 is 20.5 Å². The summed E-state index contributed by atoms with van der Waals surface area (Å²) in [6.45, 7) is 9.26. The topological polar surface area (TPSA) is 93.2 Å². The Labute approximate surface area is 196 Å². The lowest BCUT2D eigenvalue weighted by Crippen LogP contribution is -2.54. The van der Waals surface area contributed by atoms with E-state index in [-0.39, 0.29) is 29.3 Å². The van der Waals surface area contributed by atoms with E-state index < -0.39 is 6.04 Å². The van der Waals surface area contributed by atoms with Crippen LogP contribution in [0.25, 0.3) is 0 Å². The maximum Gasteiger partial charge on any atom is 0.243 e. The van der Waals surface area contributed by atoms with Gasteiger partial charge in [0.25, 0.3) is 0 Å². The van der Waals surface area contributed by atoms with Crippen molar-refractivity contribution in [3.63, 3.8) is 0 Å². The lowest BCUT2D eigenvalue weighted by molar-refractivity contribution is -0.140. The molecule has 1 atom stereocenters. The number of amides is 2. The van der Waals surface area contributed by atoms with Crippen molar-refractivity contribution in [2.24, 2.45) is 5.73 Å². The van der Waals surface area contributed by atoms with Crippen molar-refractivity contribution in [2.75, 3.05) is 0 Å². The van der Waals surface area contributed by atoms with Gasteiger partial charge in [0.15, 0.2) is 0 Å². The molecule has 2 amide bonds. The molecule has 7 heteroatoms. The number of nitrogens with zero attached hydrogens (tertiary/aromatic N) is 3. The Hall–Kier alpha value is -2.67. The van der Waals surface area contributed by atoms with Gasteiger partial charge in [0, 0.05) is 32.0 Å². The van der Waals surface area contributed by atoms with Crippen molar-refractivity contribution >= 4 is 11.8 Å². The molecule has 2 aromatic rings. The molecule has 0 saturated heterocycles. The molecule has 1 aromatic heterocycles. The second-order valence-electron chi connectivity index (χ2n) is 10.7. The highest BCUT2D eigenvalue weighted by Gasteiger charge is 2.36. The molecule has 2 aliphatic rings. The van der Waals surface area contributed by atoms with Crippen molar-refractivity contribution in [3.05, 3.63) is 53.1 Å². The first-order valence-corrected chi connectivity index (χ1v) is 12.1. The zero-order valence-electron chi connectivity index (χ0n) is 20.3. The second kappa shape index (κ2) is 9.29. The third kappa shape index (κ3) is 5.29. The fourth-order valence-corrected chi connectivity index (χ4v) is 4.94. The van der Waals surface area contributed by atoms with Crippen LogP contribution in [0, 0.1) is 0 Å². The lowest BCUT2D eigenvalue weighted by atomic mass is 9.87. The van der Waals surface area contributed by atoms with E-state index in [0.717, 1.165) is 37.1 Å². The molecule has 1 unspecified atom stereocenters. The second-order valence-corrected chi connectivity index (χ2v) is 10.7. The van der Waals surface area contributed by atoms with Crippen molar-refractivity contribution < 1.29 is 9.59 Å². The van der Waals surface area contributed by atoms with Crippen LogP contribution in [0.3, 0.4) is 0 Å². The van der Waals surface area contributed by atoms with Gasteiger partial charge in [0.1, 0.15) is 6.04 Å². The van der Waals surface area contributed by atoms with E-state index in [9.17, 15) is 9.59 Å². The Morgan fingerprint density at radius 1 is 1.12 bits per heavy atom. The molecule has 0 radical (unpaired) electrons. The van der Waals surface area contributed by atoms with E-state index in [1.54, 1.807) is 4.90 Å². The Bertz CT molecular complexity index is 997. The number of aromatic nitrogens is 2. The molecule has 0 spiro atoms. The largest absolute Gasteiger partial charge is 0.352 e. The van der Waals surface area contributed by atoms with E-state index in [1.165, 1.54) is 18.1 Å². The monoisotopic (exact) mass is 451 g/mol. The Balaban J connectivity index is 1.48. The number of hydrogen-bond donors (Lipinski definition) is 2. The molecule has 1 aliphatic carbocycles. The SMILES string of the molecule is CC(=O)N1Cc2c(ncn2Cc2ccc(C(C)(C)C)cc2)CC1C(=O)NC1CCC(N)CC1. The summed E-state index contributed by atoms with van der Waals surface area (Å²) >= 11 is 0. The third-order valence-electron chi connectivity index (χ3n) is 7.11. The number of imidazole rings is 1. The molecule has 178 valence electrons. The minimum absolute atomic E-state index is 0.0800. The minimum Gasteiger partial charge on any atom is -0.352 e. The first-order chi connectivity index (χ1) is 15.6. The zero-order valence-corrected chi connectivity index (χ0v) is 20.3. The molecular formula is C26H37N5O2. The average Bonchev–Trinajstić information content (AvgIpc) is 3.16. The summed E-state index contributed by atoms with van der Waals surface area (Å²) in [5.41, 5.74) is 10.5. The van der Waals surface area contributed by atoms with Crippen molar-refractivity contribution in [1.82, 2.24) is 19.8 Å². The molecule has 33 heavy (non-hydrogen) atoms. The van der Waals surface area contributed by atoms with Crippen molar-refractivity contribution in [2.45, 2.75) is 96.4 Å². The van der Waals surface area contributed by atoms with Crippen LogP contribution in [0.4, 0.5) is 0 Å². The summed E-state index contributed by atoms with van der Waals surface area (Å²) in [6.07, 6.45) is 5.93. The van der Waals surface area contributed by atoms with Crippen LogP contribution >= 0.6 is 0 Å². The number of carbonyl (C=O) groups is 2. The number of rotatable bonds is 4. The fourth-order valence-electron chi connectivity index (χ4n) is 4.94. The Morgan fingerprint density at radius 2 is 1.79 bits per heavy atom. The summed E-state index contributed by atoms with van der Waals surface area (Å²) in [4.78, 5) is 31.9. The van der Waals surface area contributed by atoms with Crippen LogP contribution in [0.5, 0.6) is 0 Å².